The Morgan fingerprint density at radius 2 is 1.83 bits per heavy atom. The Labute approximate surface area is 169 Å². The van der Waals surface area contributed by atoms with Crippen molar-refractivity contribution in [2.75, 3.05) is 36.5 Å². The van der Waals surface area contributed by atoms with Gasteiger partial charge in [0.25, 0.3) is 0 Å². The van der Waals surface area contributed by atoms with Crippen molar-refractivity contribution in [3.63, 3.8) is 0 Å². The molecule has 3 heterocycles. The Hall–Kier alpha value is -3.36. The number of carbonyl (C=O) groups is 1. The summed E-state index contributed by atoms with van der Waals surface area (Å²) in [5, 5.41) is 10.7. The molecular formula is C21H23N7O. The quantitative estimate of drug-likeness (QED) is 0.623. The van der Waals surface area contributed by atoms with E-state index in [0.29, 0.717) is 17.3 Å². The van der Waals surface area contributed by atoms with Crippen molar-refractivity contribution in [1.82, 2.24) is 25.3 Å². The third kappa shape index (κ3) is 4.39. The Morgan fingerprint density at radius 3 is 2.52 bits per heavy atom. The predicted molar refractivity (Wildman–Crippen MR) is 113 cm³/mol. The first kappa shape index (κ1) is 19.0. The van der Waals surface area contributed by atoms with Gasteiger partial charge in [-0.05, 0) is 31.2 Å². The molecular weight excluding hydrogens is 366 g/mol. The van der Waals surface area contributed by atoms with Gasteiger partial charge in [0.15, 0.2) is 5.78 Å². The van der Waals surface area contributed by atoms with E-state index in [1.165, 1.54) is 6.92 Å². The zero-order valence-corrected chi connectivity index (χ0v) is 16.2. The lowest BCUT2D eigenvalue weighted by molar-refractivity contribution is 0.101. The first-order chi connectivity index (χ1) is 14.2. The van der Waals surface area contributed by atoms with Gasteiger partial charge in [-0.15, -0.1) is 0 Å². The molecule has 1 saturated heterocycles. The van der Waals surface area contributed by atoms with Gasteiger partial charge in [0, 0.05) is 44.3 Å². The van der Waals surface area contributed by atoms with E-state index in [9.17, 15) is 4.79 Å². The Bertz CT molecular complexity index is 959. The molecule has 148 valence electrons. The summed E-state index contributed by atoms with van der Waals surface area (Å²) in [5.74, 6) is 1.58. The van der Waals surface area contributed by atoms with Crippen molar-refractivity contribution in [1.29, 1.82) is 0 Å². The zero-order chi connectivity index (χ0) is 20.1. The Morgan fingerprint density at radius 1 is 1.07 bits per heavy atom. The molecule has 0 aliphatic carbocycles. The van der Waals surface area contributed by atoms with E-state index in [0.717, 1.165) is 37.7 Å². The SMILES string of the molecule is CC(=O)c1cnc(N(c2ccccn2)N2CCNCC2)nc1Nc1ccccc1. The molecule has 1 aromatic carbocycles. The Balaban J connectivity index is 1.76. The van der Waals surface area contributed by atoms with Gasteiger partial charge in [0.2, 0.25) is 5.95 Å². The van der Waals surface area contributed by atoms with E-state index in [1.54, 1.807) is 12.4 Å². The molecule has 0 radical (unpaired) electrons. The minimum absolute atomic E-state index is 0.0958. The number of nitrogens with one attached hydrogen (secondary N) is 2. The van der Waals surface area contributed by atoms with Crippen molar-refractivity contribution in [3.05, 3.63) is 66.5 Å². The van der Waals surface area contributed by atoms with Gasteiger partial charge in [-0.2, -0.15) is 4.98 Å². The molecule has 0 saturated carbocycles. The van der Waals surface area contributed by atoms with E-state index < -0.39 is 0 Å². The minimum atomic E-state index is -0.0958. The van der Waals surface area contributed by atoms with Crippen LogP contribution in [0.1, 0.15) is 17.3 Å². The number of aromatic nitrogens is 3. The zero-order valence-electron chi connectivity index (χ0n) is 16.2. The highest BCUT2D eigenvalue weighted by molar-refractivity contribution is 5.99. The largest absolute Gasteiger partial charge is 0.339 e. The van der Waals surface area contributed by atoms with Gasteiger partial charge in [0.05, 0.1) is 5.56 Å². The van der Waals surface area contributed by atoms with Crippen LogP contribution in [-0.2, 0) is 0 Å². The molecule has 3 aromatic rings. The number of nitrogens with zero attached hydrogens (tertiary/aromatic N) is 5. The smallest absolute Gasteiger partial charge is 0.248 e. The first-order valence-corrected chi connectivity index (χ1v) is 9.59. The summed E-state index contributed by atoms with van der Waals surface area (Å²) in [5.41, 5.74) is 1.30. The fraction of sp³-hybridized carbons (Fsp3) is 0.238. The number of hydrogen-bond acceptors (Lipinski definition) is 8. The van der Waals surface area contributed by atoms with Gasteiger partial charge in [-0.25, -0.2) is 20.0 Å². The van der Waals surface area contributed by atoms with Crippen LogP contribution in [0.25, 0.3) is 0 Å². The fourth-order valence-electron chi connectivity index (χ4n) is 3.19. The van der Waals surface area contributed by atoms with Crippen LogP contribution in [0.15, 0.2) is 60.9 Å². The number of carbonyl (C=O) groups excluding carboxylic acids is 1. The van der Waals surface area contributed by atoms with Crippen LogP contribution in [-0.4, -0.2) is 51.9 Å². The maximum atomic E-state index is 12.1. The van der Waals surface area contributed by atoms with Crippen molar-refractivity contribution in [2.24, 2.45) is 0 Å². The number of rotatable bonds is 6. The molecule has 0 bridgehead atoms. The summed E-state index contributed by atoms with van der Waals surface area (Å²) in [4.78, 5) is 25.9. The third-order valence-electron chi connectivity index (χ3n) is 4.62. The summed E-state index contributed by atoms with van der Waals surface area (Å²) in [6.07, 6.45) is 3.33. The highest BCUT2D eigenvalue weighted by Gasteiger charge is 2.25. The Kier molecular flexibility index (Phi) is 5.73. The minimum Gasteiger partial charge on any atom is -0.339 e. The number of benzene rings is 1. The van der Waals surface area contributed by atoms with E-state index in [1.807, 2.05) is 53.5 Å². The molecule has 29 heavy (non-hydrogen) atoms. The number of Topliss-reactive ketones (excluding diaryl/α,β-unsaturated/α-hetero) is 1. The molecule has 4 rings (SSSR count). The average Bonchev–Trinajstić information content (AvgIpc) is 2.76. The van der Waals surface area contributed by atoms with Crippen LogP contribution in [0.2, 0.25) is 0 Å². The number of ketones is 1. The second-order valence-electron chi connectivity index (χ2n) is 6.68. The van der Waals surface area contributed by atoms with Crippen molar-refractivity contribution >= 4 is 29.1 Å². The molecule has 1 aliphatic rings. The number of para-hydroxylation sites is 1. The van der Waals surface area contributed by atoms with Crippen LogP contribution in [0, 0.1) is 0 Å². The second kappa shape index (κ2) is 8.76. The van der Waals surface area contributed by atoms with Crippen LogP contribution in [0.5, 0.6) is 0 Å². The van der Waals surface area contributed by atoms with Gasteiger partial charge in [-0.1, -0.05) is 24.3 Å². The molecule has 0 spiro atoms. The number of hydrogen-bond donors (Lipinski definition) is 2. The highest BCUT2D eigenvalue weighted by atomic mass is 16.1. The fourth-order valence-corrected chi connectivity index (χ4v) is 3.19. The van der Waals surface area contributed by atoms with Crippen molar-refractivity contribution in [2.45, 2.75) is 6.92 Å². The van der Waals surface area contributed by atoms with Crippen molar-refractivity contribution < 1.29 is 4.79 Å². The average molecular weight is 389 g/mol. The van der Waals surface area contributed by atoms with Crippen LogP contribution in [0.4, 0.5) is 23.3 Å². The molecule has 0 atom stereocenters. The molecule has 1 aliphatic heterocycles. The molecule has 1 fully saturated rings. The summed E-state index contributed by atoms with van der Waals surface area (Å²) < 4.78 is 0. The van der Waals surface area contributed by atoms with Crippen LogP contribution in [0.3, 0.4) is 0 Å². The van der Waals surface area contributed by atoms with E-state index in [2.05, 4.69) is 25.6 Å². The topological polar surface area (TPSA) is 86.3 Å². The van der Waals surface area contributed by atoms with Gasteiger partial charge >= 0.3 is 0 Å². The van der Waals surface area contributed by atoms with Gasteiger partial charge in [0.1, 0.15) is 11.6 Å². The second-order valence-corrected chi connectivity index (χ2v) is 6.68. The third-order valence-corrected chi connectivity index (χ3v) is 4.62. The van der Waals surface area contributed by atoms with Crippen LogP contribution < -0.4 is 15.6 Å². The first-order valence-electron chi connectivity index (χ1n) is 9.59. The highest BCUT2D eigenvalue weighted by Crippen LogP contribution is 2.26. The number of piperazine rings is 1. The van der Waals surface area contributed by atoms with E-state index in [-0.39, 0.29) is 5.78 Å². The molecule has 8 nitrogen and oxygen atoms in total. The molecule has 8 heteroatoms. The number of hydrazine groups is 1. The maximum Gasteiger partial charge on any atom is 0.248 e. The summed E-state index contributed by atoms with van der Waals surface area (Å²) in [6.45, 7) is 4.85. The molecule has 2 aromatic heterocycles. The van der Waals surface area contributed by atoms with Gasteiger partial charge in [-0.3, -0.25) is 4.79 Å². The summed E-state index contributed by atoms with van der Waals surface area (Å²) >= 11 is 0. The summed E-state index contributed by atoms with van der Waals surface area (Å²) in [7, 11) is 0. The number of anilines is 4. The summed E-state index contributed by atoms with van der Waals surface area (Å²) in [6, 6.07) is 15.4. The van der Waals surface area contributed by atoms with E-state index >= 15 is 0 Å². The van der Waals surface area contributed by atoms with E-state index in [4.69, 9.17) is 4.98 Å². The lowest BCUT2D eigenvalue weighted by Crippen LogP contribution is -2.51. The standard InChI is InChI=1S/C21H23N7O/c1-16(29)18-15-24-21(26-20(18)25-17-7-3-2-4-8-17)28(19-9-5-6-10-23-19)27-13-11-22-12-14-27/h2-10,15,22H,11-14H2,1H3,(H,24,25,26). The molecule has 2 N–H and O–H groups in total. The lowest BCUT2D eigenvalue weighted by atomic mass is 10.2. The molecule has 0 unspecified atom stereocenters. The monoisotopic (exact) mass is 389 g/mol. The van der Waals surface area contributed by atoms with Crippen LogP contribution >= 0.6 is 0 Å². The van der Waals surface area contributed by atoms with Gasteiger partial charge < -0.3 is 10.6 Å². The lowest BCUT2D eigenvalue weighted by Gasteiger charge is -2.36. The maximum absolute atomic E-state index is 12.1. The predicted octanol–water partition coefficient (Wildman–Crippen LogP) is 2.78. The number of pyridine rings is 1. The van der Waals surface area contributed by atoms with Crippen molar-refractivity contribution in [3.8, 4) is 0 Å². The normalized spacial score (nSPS) is 14.4. The molecule has 0 amide bonds.